The van der Waals surface area contributed by atoms with Gasteiger partial charge in [0.15, 0.2) is 0 Å². The highest BCUT2D eigenvalue weighted by Gasteiger charge is 2.26. The Bertz CT molecular complexity index is 1930. The molecule has 1 aliphatic carbocycles. The summed E-state index contributed by atoms with van der Waals surface area (Å²) in [6.45, 7) is 19.1. The van der Waals surface area contributed by atoms with E-state index in [2.05, 4.69) is 62.3 Å². The van der Waals surface area contributed by atoms with Crippen LogP contribution in [0.5, 0.6) is 11.5 Å². The molecule has 0 aliphatic heterocycles. The Kier molecular flexibility index (Phi) is 21.6. The fourth-order valence-electron chi connectivity index (χ4n) is 6.32. The van der Waals surface area contributed by atoms with Gasteiger partial charge in [0.1, 0.15) is 42.1 Å². The zero-order valence-electron chi connectivity index (χ0n) is 36.3. The SMILES string of the molecule is C=CC(=O)OCCN(CCOC(=O)C=C)c1ccc(N=Nc2cc(OCC(CC)CCCC)c(N=NC3C=CC([N+](=O)[O-])=C[C@H]3C#N)cc2OCC(CC)CCCC)c(C)c1. The molecule has 15 nitrogen and oxygen atoms in total. The molecule has 0 heterocycles. The second-order valence-electron chi connectivity index (χ2n) is 14.7. The van der Waals surface area contributed by atoms with E-state index in [1.165, 1.54) is 18.2 Å². The van der Waals surface area contributed by atoms with Crippen molar-refractivity contribution in [2.24, 2.45) is 38.2 Å². The zero-order chi connectivity index (χ0) is 44.6. The lowest BCUT2D eigenvalue weighted by Crippen LogP contribution is -2.32. The van der Waals surface area contributed by atoms with Crippen molar-refractivity contribution in [1.29, 1.82) is 5.26 Å². The van der Waals surface area contributed by atoms with E-state index in [4.69, 9.17) is 24.1 Å². The second kappa shape index (κ2) is 26.8. The maximum atomic E-state index is 11.7. The lowest BCUT2D eigenvalue weighted by atomic mass is 9.96. The quantitative estimate of drug-likeness (QED) is 0.0262. The molecule has 2 aromatic rings. The first-order chi connectivity index (χ1) is 29.5. The number of aryl methyl sites for hydroxylation is 1. The molecule has 2 aromatic carbocycles. The van der Waals surface area contributed by atoms with E-state index in [-0.39, 0.29) is 18.9 Å². The molecular formula is C46H61N7O8. The van der Waals surface area contributed by atoms with E-state index in [9.17, 15) is 25.0 Å². The van der Waals surface area contributed by atoms with Gasteiger partial charge < -0.3 is 23.8 Å². The Labute approximate surface area is 360 Å². The number of carbonyl (C=O) groups excluding carboxylic acids is 2. The minimum atomic E-state index is -0.879. The lowest BCUT2D eigenvalue weighted by Gasteiger charge is -2.25. The first kappa shape index (κ1) is 49.2. The van der Waals surface area contributed by atoms with Crippen LogP contribution in [0.4, 0.5) is 22.7 Å². The van der Waals surface area contributed by atoms with Crippen molar-refractivity contribution in [3.05, 3.63) is 95.2 Å². The number of anilines is 1. The predicted molar refractivity (Wildman–Crippen MR) is 236 cm³/mol. The summed E-state index contributed by atoms with van der Waals surface area (Å²) in [4.78, 5) is 36.2. The number of azo groups is 2. The number of nitro groups is 1. The molecule has 4 atom stereocenters. The number of benzene rings is 2. The van der Waals surface area contributed by atoms with Gasteiger partial charge in [-0.25, -0.2) is 9.59 Å². The lowest BCUT2D eigenvalue weighted by molar-refractivity contribution is -0.419. The average molecular weight is 840 g/mol. The van der Waals surface area contributed by atoms with Crippen LogP contribution in [0.1, 0.15) is 84.6 Å². The van der Waals surface area contributed by atoms with Gasteiger partial charge in [-0.1, -0.05) is 79.4 Å². The van der Waals surface area contributed by atoms with Crippen molar-refractivity contribution in [2.75, 3.05) is 44.4 Å². The van der Waals surface area contributed by atoms with E-state index in [0.29, 0.717) is 66.7 Å². The van der Waals surface area contributed by atoms with E-state index >= 15 is 0 Å². The number of nitrogens with zero attached hydrogens (tertiary/aromatic N) is 7. The third-order valence-corrected chi connectivity index (χ3v) is 10.3. The smallest absolute Gasteiger partial charge is 0.330 e. The Morgan fingerprint density at radius 2 is 1.41 bits per heavy atom. The largest absolute Gasteiger partial charge is 0.491 e. The van der Waals surface area contributed by atoms with E-state index in [1.54, 1.807) is 12.1 Å². The fraction of sp³-hybridized carbons (Fsp3) is 0.500. The number of rotatable bonds is 28. The average Bonchev–Trinajstić information content (AvgIpc) is 3.27. The highest BCUT2D eigenvalue weighted by atomic mass is 16.6. The Hall–Kier alpha value is -6.17. The molecule has 0 bridgehead atoms. The summed E-state index contributed by atoms with van der Waals surface area (Å²) in [5.74, 6) is -0.516. The summed E-state index contributed by atoms with van der Waals surface area (Å²) in [7, 11) is 0. The predicted octanol–water partition coefficient (Wildman–Crippen LogP) is 11.2. The molecule has 328 valence electrons. The van der Waals surface area contributed by atoms with Crippen LogP contribution in [0.2, 0.25) is 0 Å². The van der Waals surface area contributed by atoms with Crippen molar-refractivity contribution in [1.82, 2.24) is 0 Å². The number of ether oxygens (including phenoxy) is 4. The molecular weight excluding hydrogens is 779 g/mol. The number of nitriles is 1. The Morgan fingerprint density at radius 3 is 1.89 bits per heavy atom. The van der Waals surface area contributed by atoms with Crippen molar-refractivity contribution >= 4 is 34.7 Å². The molecule has 15 heteroatoms. The molecule has 3 rings (SSSR count). The molecule has 0 radical (unpaired) electrons. The van der Waals surface area contributed by atoms with Gasteiger partial charge in [-0.3, -0.25) is 10.1 Å². The molecule has 0 spiro atoms. The summed E-state index contributed by atoms with van der Waals surface area (Å²) in [5.41, 5.74) is 2.80. The summed E-state index contributed by atoms with van der Waals surface area (Å²) < 4.78 is 23.4. The number of carbonyl (C=O) groups is 2. The van der Waals surface area contributed by atoms with Gasteiger partial charge in [0.25, 0.3) is 5.70 Å². The van der Waals surface area contributed by atoms with Gasteiger partial charge in [0.2, 0.25) is 0 Å². The first-order valence-corrected chi connectivity index (χ1v) is 21.1. The number of hydrogen-bond acceptors (Lipinski definition) is 14. The fourth-order valence-corrected chi connectivity index (χ4v) is 6.32. The molecule has 0 saturated carbocycles. The minimum Gasteiger partial charge on any atom is -0.491 e. The summed E-state index contributed by atoms with van der Waals surface area (Å²) >= 11 is 0. The van der Waals surface area contributed by atoms with Gasteiger partial charge in [0, 0.05) is 42.1 Å². The van der Waals surface area contributed by atoms with Crippen molar-refractivity contribution in [3.8, 4) is 17.6 Å². The Morgan fingerprint density at radius 1 is 0.869 bits per heavy atom. The highest BCUT2D eigenvalue weighted by molar-refractivity contribution is 5.81. The van der Waals surface area contributed by atoms with Crippen LogP contribution in [0.3, 0.4) is 0 Å². The number of unbranched alkanes of at least 4 members (excludes halogenated alkanes) is 2. The van der Waals surface area contributed by atoms with E-state index < -0.39 is 28.8 Å². The van der Waals surface area contributed by atoms with Crippen molar-refractivity contribution in [2.45, 2.75) is 92.0 Å². The number of allylic oxidation sites excluding steroid dienone is 1. The topological polar surface area (TPSA) is 191 Å². The van der Waals surface area contributed by atoms with Crippen LogP contribution < -0.4 is 14.4 Å². The number of esters is 2. The van der Waals surface area contributed by atoms with Crippen LogP contribution in [-0.4, -0.2) is 62.4 Å². The summed E-state index contributed by atoms with van der Waals surface area (Å²) in [5, 5.41) is 39.6. The zero-order valence-corrected chi connectivity index (χ0v) is 36.3. The van der Waals surface area contributed by atoms with Crippen molar-refractivity contribution < 1.29 is 33.5 Å². The van der Waals surface area contributed by atoms with E-state index in [0.717, 1.165) is 74.8 Å². The van der Waals surface area contributed by atoms with Gasteiger partial charge in [0.05, 0.1) is 48.9 Å². The third-order valence-electron chi connectivity index (χ3n) is 10.3. The van der Waals surface area contributed by atoms with Gasteiger partial charge >= 0.3 is 11.9 Å². The van der Waals surface area contributed by atoms with Gasteiger partial charge in [-0.05, 0) is 61.4 Å². The molecule has 3 unspecified atom stereocenters. The molecule has 61 heavy (non-hydrogen) atoms. The Balaban J connectivity index is 2.07. The first-order valence-electron chi connectivity index (χ1n) is 21.1. The molecule has 0 N–H and O–H groups in total. The monoisotopic (exact) mass is 839 g/mol. The maximum absolute atomic E-state index is 11.7. The molecule has 0 fully saturated rings. The summed E-state index contributed by atoms with van der Waals surface area (Å²) in [6, 6.07) is 10.4. The van der Waals surface area contributed by atoms with Crippen molar-refractivity contribution in [3.63, 3.8) is 0 Å². The maximum Gasteiger partial charge on any atom is 0.330 e. The minimum absolute atomic E-state index is 0.0916. The number of hydrogen-bond donors (Lipinski definition) is 0. The molecule has 0 aromatic heterocycles. The molecule has 1 aliphatic rings. The van der Waals surface area contributed by atoms with Gasteiger partial charge in [-0.2, -0.15) is 20.6 Å². The van der Waals surface area contributed by atoms with Crippen LogP contribution in [0, 0.1) is 46.1 Å². The molecule has 0 amide bonds. The van der Waals surface area contributed by atoms with Crippen LogP contribution in [-0.2, 0) is 19.1 Å². The standard InChI is InChI=1S/C46H61N7O8/c1-8-14-16-34(10-3)31-60-43-29-42(51-49-40-21-19-38(53(56)57)27-36(40)30-47)44(61-32-35(11-4)17-15-9-2)28-41(43)50-48-39-20-18-37(26-33(39)7)52(22-24-58-45(54)12-5)23-25-59-46(55)13-6/h12-13,18-21,26-29,34-36,40H,5-6,8-11,14-17,22-25,31-32H2,1-4,7H3/t34?,35?,36-,40?/m0/s1. The highest BCUT2D eigenvalue weighted by Crippen LogP contribution is 2.42. The second-order valence-corrected chi connectivity index (χ2v) is 14.7. The molecule has 0 saturated heterocycles. The van der Waals surface area contributed by atoms with Crippen LogP contribution >= 0.6 is 0 Å². The van der Waals surface area contributed by atoms with Crippen LogP contribution in [0.15, 0.2) is 100 Å². The third kappa shape index (κ3) is 16.4. The summed E-state index contributed by atoms with van der Waals surface area (Å²) in [6.07, 6.45) is 14.5. The normalized spacial score (nSPS) is 15.7. The van der Waals surface area contributed by atoms with Gasteiger partial charge in [-0.15, -0.1) is 5.11 Å². The van der Waals surface area contributed by atoms with E-state index in [1.807, 2.05) is 30.0 Å². The van der Waals surface area contributed by atoms with Crippen LogP contribution in [0.25, 0.3) is 0 Å².